The summed E-state index contributed by atoms with van der Waals surface area (Å²) in [6.45, 7) is 1.80. The Morgan fingerprint density at radius 2 is 2.40 bits per heavy atom. The summed E-state index contributed by atoms with van der Waals surface area (Å²) >= 11 is 2.12. The number of halogens is 2. The summed E-state index contributed by atoms with van der Waals surface area (Å²) in [5.74, 6) is -0.308. The standard InChI is InChI=1S/C7H7FIN/c1-5-2-6(9)3-10-4-7(5)8/h2-5H,1H3/t5-/m0/s1. The molecule has 1 nitrogen and oxygen atoms in total. The maximum atomic E-state index is 12.7. The molecule has 0 fully saturated rings. The van der Waals surface area contributed by atoms with Gasteiger partial charge in [0.05, 0.1) is 6.20 Å². The Morgan fingerprint density at radius 1 is 1.70 bits per heavy atom. The highest BCUT2D eigenvalue weighted by Crippen LogP contribution is 2.19. The Bertz CT molecular complexity index is 218. The lowest BCUT2D eigenvalue weighted by atomic mass is 10.1. The van der Waals surface area contributed by atoms with Crippen molar-refractivity contribution >= 4 is 28.8 Å². The molecule has 1 rings (SSSR count). The van der Waals surface area contributed by atoms with Crippen molar-refractivity contribution in [2.75, 3.05) is 0 Å². The van der Waals surface area contributed by atoms with Crippen LogP contribution in [0, 0.1) is 5.92 Å². The Kier molecular flexibility index (Phi) is 2.59. The first-order valence-electron chi connectivity index (χ1n) is 2.96. The van der Waals surface area contributed by atoms with Gasteiger partial charge in [0.15, 0.2) is 0 Å². The van der Waals surface area contributed by atoms with Crippen LogP contribution in [-0.2, 0) is 0 Å². The first-order chi connectivity index (χ1) is 4.70. The van der Waals surface area contributed by atoms with Crippen LogP contribution in [0.15, 0.2) is 26.7 Å². The fourth-order valence-corrected chi connectivity index (χ4v) is 1.36. The summed E-state index contributed by atoms with van der Waals surface area (Å²) in [6, 6.07) is 0. The van der Waals surface area contributed by atoms with Crippen LogP contribution in [0.5, 0.6) is 0 Å². The molecule has 10 heavy (non-hydrogen) atoms. The van der Waals surface area contributed by atoms with E-state index in [-0.39, 0.29) is 11.7 Å². The second-order valence-corrected chi connectivity index (χ2v) is 3.38. The monoisotopic (exact) mass is 251 g/mol. The Morgan fingerprint density at radius 3 is 3.10 bits per heavy atom. The molecule has 0 spiro atoms. The quantitative estimate of drug-likeness (QED) is 0.587. The third-order valence-corrected chi connectivity index (χ3v) is 1.88. The van der Waals surface area contributed by atoms with Gasteiger partial charge >= 0.3 is 0 Å². The van der Waals surface area contributed by atoms with E-state index in [9.17, 15) is 4.39 Å². The van der Waals surface area contributed by atoms with E-state index in [4.69, 9.17) is 0 Å². The van der Waals surface area contributed by atoms with E-state index in [0.717, 1.165) is 3.58 Å². The van der Waals surface area contributed by atoms with Crippen molar-refractivity contribution in [1.82, 2.24) is 0 Å². The van der Waals surface area contributed by atoms with Crippen molar-refractivity contribution in [3.63, 3.8) is 0 Å². The van der Waals surface area contributed by atoms with Crippen LogP contribution in [0.2, 0.25) is 0 Å². The third-order valence-electron chi connectivity index (χ3n) is 1.24. The van der Waals surface area contributed by atoms with Gasteiger partial charge in [-0.1, -0.05) is 13.0 Å². The van der Waals surface area contributed by atoms with Crippen LogP contribution in [0.3, 0.4) is 0 Å². The van der Waals surface area contributed by atoms with Crippen LogP contribution in [-0.4, -0.2) is 6.21 Å². The third kappa shape index (κ3) is 1.90. The lowest BCUT2D eigenvalue weighted by molar-refractivity contribution is 0.547. The number of hydrogen-bond donors (Lipinski definition) is 0. The first-order valence-corrected chi connectivity index (χ1v) is 4.04. The zero-order valence-electron chi connectivity index (χ0n) is 5.51. The van der Waals surface area contributed by atoms with Crippen molar-refractivity contribution in [2.45, 2.75) is 6.92 Å². The van der Waals surface area contributed by atoms with Crippen LogP contribution in [0.1, 0.15) is 6.92 Å². The van der Waals surface area contributed by atoms with Crippen molar-refractivity contribution in [2.24, 2.45) is 10.9 Å². The SMILES string of the molecule is C[C@H]1C=C(I)C=NC=C1F. The van der Waals surface area contributed by atoms with Gasteiger partial charge in [0, 0.05) is 15.7 Å². The number of hydrogen-bond acceptors (Lipinski definition) is 1. The second-order valence-electron chi connectivity index (χ2n) is 2.13. The number of allylic oxidation sites excluding steroid dienone is 3. The van der Waals surface area contributed by atoms with Gasteiger partial charge in [-0.25, -0.2) is 4.39 Å². The van der Waals surface area contributed by atoms with Gasteiger partial charge in [-0.3, -0.25) is 4.99 Å². The van der Waals surface area contributed by atoms with E-state index in [1.165, 1.54) is 6.20 Å². The Hall–Kier alpha value is -0.190. The summed E-state index contributed by atoms with van der Waals surface area (Å²) in [4.78, 5) is 3.75. The molecule has 1 heterocycles. The Balaban J connectivity index is 2.88. The van der Waals surface area contributed by atoms with Crippen LogP contribution >= 0.6 is 22.6 Å². The zero-order valence-corrected chi connectivity index (χ0v) is 7.67. The van der Waals surface area contributed by atoms with E-state index in [0.29, 0.717) is 0 Å². The van der Waals surface area contributed by atoms with Crippen molar-refractivity contribution in [1.29, 1.82) is 0 Å². The molecule has 0 unspecified atom stereocenters. The molecule has 0 aromatic heterocycles. The van der Waals surface area contributed by atoms with Gasteiger partial charge < -0.3 is 0 Å². The summed E-state index contributed by atoms with van der Waals surface area (Å²) in [5, 5.41) is 0. The molecule has 0 aliphatic carbocycles. The number of rotatable bonds is 0. The molecule has 1 aliphatic rings. The highest BCUT2D eigenvalue weighted by Gasteiger charge is 2.06. The molecule has 0 aromatic rings. The molecule has 0 amide bonds. The molecule has 0 saturated carbocycles. The minimum Gasteiger partial charge on any atom is -0.261 e. The predicted molar refractivity (Wildman–Crippen MR) is 49.0 cm³/mol. The topological polar surface area (TPSA) is 12.4 Å². The van der Waals surface area contributed by atoms with Crippen LogP contribution in [0.25, 0.3) is 0 Å². The first kappa shape index (κ1) is 7.91. The molecule has 3 heteroatoms. The predicted octanol–water partition coefficient (Wildman–Crippen LogP) is 2.84. The minimum absolute atomic E-state index is 0.130. The molecule has 0 radical (unpaired) electrons. The lowest BCUT2D eigenvalue weighted by Gasteiger charge is -1.98. The second kappa shape index (κ2) is 3.27. The maximum Gasteiger partial charge on any atom is 0.125 e. The zero-order chi connectivity index (χ0) is 7.56. The smallest absolute Gasteiger partial charge is 0.125 e. The Labute approximate surface area is 72.9 Å². The molecular weight excluding hydrogens is 244 g/mol. The van der Waals surface area contributed by atoms with Crippen LogP contribution < -0.4 is 0 Å². The van der Waals surface area contributed by atoms with Crippen molar-refractivity contribution < 1.29 is 4.39 Å². The highest BCUT2D eigenvalue weighted by molar-refractivity contribution is 14.1. The molecule has 1 aliphatic heterocycles. The van der Waals surface area contributed by atoms with E-state index in [1.54, 1.807) is 13.1 Å². The molecule has 1 atom stereocenters. The van der Waals surface area contributed by atoms with Gasteiger partial charge in [-0.05, 0) is 22.6 Å². The average Bonchev–Trinajstić information content (AvgIpc) is 1.96. The largest absolute Gasteiger partial charge is 0.261 e. The van der Waals surface area contributed by atoms with Gasteiger partial charge in [0.2, 0.25) is 0 Å². The van der Waals surface area contributed by atoms with Gasteiger partial charge in [0.25, 0.3) is 0 Å². The summed E-state index contributed by atoms with van der Waals surface area (Å²) in [6.07, 6.45) is 4.74. The van der Waals surface area contributed by atoms with E-state index < -0.39 is 0 Å². The van der Waals surface area contributed by atoms with E-state index in [1.807, 2.05) is 6.08 Å². The lowest BCUT2D eigenvalue weighted by Crippen LogP contribution is -1.88. The van der Waals surface area contributed by atoms with Gasteiger partial charge in [-0.15, -0.1) is 0 Å². The number of aliphatic imine (C=N–C) groups is 1. The summed E-state index contributed by atoms with van der Waals surface area (Å²) in [5.41, 5.74) is 0. The molecular formula is C7H7FIN. The van der Waals surface area contributed by atoms with Crippen molar-refractivity contribution in [3.8, 4) is 0 Å². The molecule has 0 saturated heterocycles. The van der Waals surface area contributed by atoms with Gasteiger partial charge in [0.1, 0.15) is 5.83 Å². The van der Waals surface area contributed by atoms with Crippen LogP contribution in [0.4, 0.5) is 4.39 Å². The molecule has 0 aromatic carbocycles. The summed E-state index contributed by atoms with van der Waals surface area (Å²) < 4.78 is 13.7. The minimum atomic E-state index is -0.178. The van der Waals surface area contributed by atoms with Crippen molar-refractivity contribution in [3.05, 3.63) is 21.7 Å². The maximum absolute atomic E-state index is 12.7. The average molecular weight is 251 g/mol. The number of nitrogens with zero attached hydrogens (tertiary/aromatic N) is 1. The molecule has 0 bridgehead atoms. The fraction of sp³-hybridized carbons (Fsp3) is 0.286. The van der Waals surface area contributed by atoms with Gasteiger partial charge in [-0.2, -0.15) is 0 Å². The fourth-order valence-electron chi connectivity index (χ4n) is 0.659. The van der Waals surface area contributed by atoms with E-state index >= 15 is 0 Å². The van der Waals surface area contributed by atoms with E-state index in [2.05, 4.69) is 27.6 Å². The normalized spacial score (nSPS) is 25.3. The molecule has 0 N–H and O–H groups in total. The molecule has 54 valence electrons. The highest BCUT2D eigenvalue weighted by atomic mass is 127. The summed E-state index contributed by atoms with van der Waals surface area (Å²) in [7, 11) is 0.